The van der Waals surface area contributed by atoms with Crippen molar-refractivity contribution in [1.82, 2.24) is 0 Å². The maximum Gasteiger partial charge on any atom is 0.441 e. The molecule has 0 saturated carbocycles. The Balaban J connectivity index is 2.67. The summed E-state index contributed by atoms with van der Waals surface area (Å²) in [6.45, 7) is -0.103. The Morgan fingerprint density at radius 3 is 2.58 bits per heavy atom. The van der Waals surface area contributed by atoms with Gasteiger partial charge in [0.2, 0.25) is 0 Å². The fraction of sp³-hybridized carbons (Fsp3) is 0.455. The van der Waals surface area contributed by atoms with Crippen molar-refractivity contribution >= 4 is 39.3 Å². The molecular weight excluding hydrogens is 369 g/mol. The van der Waals surface area contributed by atoms with Crippen LogP contribution in [0.2, 0.25) is 5.02 Å². The topological polar surface area (TPSA) is 18.5 Å². The number of halogens is 5. The Morgan fingerprint density at radius 1 is 1.37 bits per heavy atom. The lowest BCUT2D eigenvalue weighted by Crippen LogP contribution is -2.08. The molecule has 2 nitrogen and oxygen atoms in total. The number of rotatable bonds is 6. The summed E-state index contributed by atoms with van der Waals surface area (Å²) in [6.07, 6.45) is 0. The maximum atomic E-state index is 12.0. The summed E-state index contributed by atoms with van der Waals surface area (Å²) in [5.41, 5.74) is -3.37. The van der Waals surface area contributed by atoms with E-state index in [9.17, 15) is 13.2 Å². The highest BCUT2D eigenvalue weighted by Crippen LogP contribution is 2.37. The van der Waals surface area contributed by atoms with Crippen LogP contribution in [0, 0.1) is 0 Å². The van der Waals surface area contributed by atoms with Gasteiger partial charge in [-0.3, -0.25) is 0 Å². The second-order valence-corrected chi connectivity index (χ2v) is 5.51. The van der Waals surface area contributed by atoms with Crippen molar-refractivity contribution < 1.29 is 22.6 Å². The normalized spacial score (nSPS) is 11.5. The number of benzene rings is 1. The molecule has 1 rings (SSSR count). The number of thioether (sulfide) groups is 1. The van der Waals surface area contributed by atoms with Gasteiger partial charge >= 0.3 is 5.51 Å². The van der Waals surface area contributed by atoms with Crippen LogP contribution in [0.15, 0.2) is 12.1 Å². The van der Waals surface area contributed by atoms with Crippen LogP contribution < -0.4 is 9.47 Å². The molecule has 0 heterocycles. The van der Waals surface area contributed by atoms with E-state index in [2.05, 4.69) is 15.9 Å². The van der Waals surface area contributed by atoms with E-state index in [-0.39, 0.29) is 29.9 Å². The second kappa shape index (κ2) is 7.50. The second-order valence-electron chi connectivity index (χ2n) is 3.39. The molecule has 0 aliphatic rings. The monoisotopic (exact) mass is 378 g/mol. The average molecular weight is 380 g/mol. The number of hydrogen-bond donors (Lipinski definition) is 0. The molecule has 0 bridgehead atoms. The quantitative estimate of drug-likeness (QED) is 0.519. The van der Waals surface area contributed by atoms with Crippen molar-refractivity contribution in [2.75, 3.05) is 19.5 Å². The van der Waals surface area contributed by atoms with Crippen LogP contribution in [0.1, 0.15) is 5.56 Å². The summed E-state index contributed by atoms with van der Waals surface area (Å²) in [5, 5.41) is 0.901. The van der Waals surface area contributed by atoms with E-state index < -0.39 is 5.51 Å². The third-order valence-electron chi connectivity index (χ3n) is 2.04. The molecule has 0 unspecified atom stereocenters. The van der Waals surface area contributed by atoms with Crippen LogP contribution in [0.5, 0.6) is 11.5 Å². The Labute approximate surface area is 126 Å². The SMILES string of the molecule is COc1cc(CBr)cc(Cl)c1OCCSC(F)(F)F. The van der Waals surface area contributed by atoms with Gasteiger partial charge in [0, 0.05) is 11.1 Å². The summed E-state index contributed by atoms with van der Waals surface area (Å²) < 4.78 is 46.2. The molecule has 0 fully saturated rings. The summed E-state index contributed by atoms with van der Waals surface area (Å²) in [6, 6.07) is 3.39. The molecule has 0 aliphatic carbocycles. The zero-order valence-electron chi connectivity index (χ0n) is 9.89. The van der Waals surface area contributed by atoms with Gasteiger partial charge in [0.05, 0.1) is 18.7 Å². The molecule has 1 aromatic rings. The van der Waals surface area contributed by atoms with Crippen molar-refractivity contribution in [3.8, 4) is 11.5 Å². The fourth-order valence-corrected chi connectivity index (χ4v) is 2.30. The van der Waals surface area contributed by atoms with Gasteiger partial charge in [-0.15, -0.1) is 0 Å². The van der Waals surface area contributed by atoms with Gasteiger partial charge in [0.25, 0.3) is 0 Å². The molecule has 0 saturated heterocycles. The van der Waals surface area contributed by atoms with Crippen LogP contribution in [0.3, 0.4) is 0 Å². The average Bonchev–Trinajstić information content (AvgIpc) is 2.34. The molecule has 19 heavy (non-hydrogen) atoms. The maximum absolute atomic E-state index is 12.0. The van der Waals surface area contributed by atoms with Crippen molar-refractivity contribution in [3.63, 3.8) is 0 Å². The van der Waals surface area contributed by atoms with Crippen molar-refractivity contribution in [2.45, 2.75) is 10.8 Å². The molecular formula is C11H11BrClF3O2S. The van der Waals surface area contributed by atoms with Crippen LogP contribution in [-0.4, -0.2) is 25.0 Å². The van der Waals surface area contributed by atoms with Crippen molar-refractivity contribution in [1.29, 1.82) is 0 Å². The first-order valence-electron chi connectivity index (χ1n) is 5.13. The number of ether oxygens (including phenoxy) is 2. The molecule has 0 radical (unpaired) electrons. The minimum Gasteiger partial charge on any atom is -0.493 e. The molecule has 0 N–H and O–H groups in total. The Morgan fingerprint density at radius 2 is 2.05 bits per heavy atom. The molecule has 0 spiro atoms. The van der Waals surface area contributed by atoms with Crippen LogP contribution in [-0.2, 0) is 5.33 Å². The van der Waals surface area contributed by atoms with Crippen molar-refractivity contribution in [2.24, 2.45) is 0 Å². The fourth-order valence-electron chi connectivity index (χ4n) is 1.29. The van der Waals surface area contributed by atoms with Crippen LogP contribution in [0.4, 0.5) is 13.2 Å². The lowest BCUT2D eigenvalue weighted by molar-refractivity contribution is -0.0329. The zero-order chi connectivity index (χ0) is 14.5. The molecule has 0 aliphatic heterocycles. The number of methoxy groups -OCH3 is 1. The lowest BCUT2D eigenvalue weighted by Gasteiger charge is -2.14. The highest BCUT2D eigenvalue weighted by Gasteiger charge is 2.27. The summed E-state index contributed by atoms with van der Waals surface area (Å²) in [5.74, 6) is 0.457. The first-order valence-corrected chi connectivity index (χ1v) is 7.61. The Hall–Kier alpha value is -0.270. The summed E-state index contributed by atoms with van der Waals surface area (Å²) in [7, 11) is 1.45. The highest BCUT2D eigenvalue weighted by molar-refractivity contribution is 9.08. The molecule has 1 aromatic carbocycles. The molecule has 0 aromatic heterocycles. The van der Waals surface area contributed by atoms with E-state index in [1.165, 1.54) is 7.11 Å². The van der Waals surface area contributed by atoms with Crippen LogP contribution in [0.25, 0.3) is 0 Å². The third kappa shape index (κ3) is 5.71. The van der Waals surface area contributed by atoms with E-state index in [4.69, 9.17) is 21.1 Å². The predicted octanol–water partition coefficient (Wildman–Crippen LogP) is 4.88. The highest BCUT2D eigenvalue weighted by atomic mass is 79.9. The van der Waals surface area contributed by atoms with Crippen molar-refractivity contribution in [3.05, 3.63) is 22.7 Å². The third-order valence-corrected chi connectivity index (χ3v) is 3.67. The van der Waals surface area contributed by atoms with Gasteiger partial charge in [-0.2, -0.15) is 13.2 Å². The standard InChI is InChI=1S/C11H11BrClF3O2S/c1-17-9-5-7(6-12)4-8(13)10(9)18-2-3-19-11(14,15)16/h4-5H,2-3,6H2,1H3. The van der Waals surface area contributed by atoms with Gasteiger partial charge in [0.1, 0.15) is 0 Å². The predicted molar refractivity (Wildman–Crippen MR) is 74.6 cm³/mol. The largest absolute Gasteiger partial charge is 0.493 e. The van der Waals surface area contributed by atoms with E-state index in [0.717, 1.165) is 5.56 Å². The van der Waals surface area contributed by atoms with E-state index >= 15 is 0 Å². The van der Waals surface area contributed by atoms with Gasteiger partial charge in [0.15, 0.2) is 11.5 Å². The number of hydrogen-bond acceptors (Lipinski definition) is 3. The van der Waals surface area contributed by atoms with E-state index in [1.54, 1.807) is 12.1 Å². The molecule has 8 heteroatoms. The van der Waals surface area contributed by atoms with Gasteiger partial charge in [-0.1, -0.05) is 27.5 Å². The molecule has 0 atom stereocenters. The van der Waals surface area contributed by atoms with Crippen LogP contribution >= 0.6 is 39.3 Å². The minimum atomic E-state index is -4.25. The first-order chi connectivity index (χ1) is 8.87. The minimum absolute atomic E-state index is 0.103. The zero-order valence-corrected chi connectivity index (χ0v) is 13.0. The van der Waals surface area contributed by atoms with Gasteiger partial charge in [-0.05, 0) is 29.5 Å². The summed E-state index contributed by atoms with van der Waals surface area (Å²) >= 11 is 9.15. The molecule has 108 valence electrons. The molecule has 0 amide bonds. The lowest BCUT2D eigenvalue weighted by atomic mass is 10.2. The van der Waals surface area contributed by atoms with E-state index in [0.29, 0.717) is 16.1 Å². The Kier molecular flexibility index (Phi) is 6.62. The summed E-state index contributed by atoms with van der Waals surface area (Å²) in [4.78, 5) is 0. The van der Waals surface area contributed by atoms with E-state index in [1.807, 2.05) is 0 Å². The first kappa shape index (κ1) is 16.8. The van der Waals surface area contributed by atoms with Gasteiger partial charge < -0.3 is 9.47 Å². The van der Waals surface area contributed by atoms with Gasteiger partial charge in [-0.25, -0.2) is 0 Å². The number of alkyl halides is 4. The Bertz CT molecular complexity index is 429. The smallest absolute Gasteiger partial charge is 0.441 e.